The summed E-state index contributed by atoms with van der Waals surface area (Å²) >= 11 is 0. The number of anilines is 1. The molecule has 1 amide bonds. The van der Waals surface area contributed by atoms with E-state index >= 15 is 0 Å². The second kappa shape index (κ2) is 6.42. The van der Waals surface area contributed by atoms with Gasteiger partial charge in [-0.3, -0.25) is 4.79 Å². The number of aromatic nitrogens is 1. The lowest BCUT2D eigenvalue weighted by Crippen LogP contribution is -2.33. The average molecular weight is 342 g/mol. The van der Waals surface area contributed by atoms with Gasteiger partial charge in [-0.2, -0.15) is 0 Å². The Hall–Kier alpha value is -1.71. The zero-order chi connectivity index (χ0) is 17.4. The van der Waals surface area contributed by atoms with Gasteiger partial charge in [0.15, 0.2) is 0 Å². The van der Waals surface area contributed by atoms with Crippen molar-refractivity contribution in [1.29, 1.82) is 0 Å². The number of carbonyl (C=O) groups is 1. The second-order valence-electron chi connectivity index (χ2n) is 5.98. The molecule has 1 aliphatic rings. The molecule has 0 aromatic carbocycles. The monoisotopic (exact) mass is 342 g/mol. The lowest BCUT2D eigenvalue weighted by Gasteiger charge is -2.20. The predicted octanol–water partition coefficient (Wildman–Crippen LogP) is -0.823. The summed E-state index contributed by atoms with van der Waals surface area (Å²) in [6, 6.07) is 3.28. The zero-order valence-corrected chi connectivity index (χ0v) is 14.2. The quantitative estimate of drug-likeness (QED) is 0.722. The number of sulfonamides is 1. The summed E-state index contributed by atoms with van der Waals surface area (Å²) in [6.07, 6.45) is -0.812. The predicted molar refractivity (Wildman–Crippen MR) is 86.7 cm³/mol. The summed E-state index contributed by atoms with van der Waals surface area (Å²) in [7, 11) is -0.500. The van der Waals surface area contributed by atoms with Crippen molar-refractivity contribution in [3.05, 3.63) is 23.4 Å². The molecule has 2 heterocycles. The highest BCUT2D eigenvalue weighted by molar-refractivity contribution is 7.89. The van der Waals surface area contributed by atoms with Crippen LogP contribution in [0.4, 0.5) is 5.82 Å². The molecular weight excluding hydrogens is 320 g/mol. The average Bonchev–Trinajstić information content (AvgIpc) is 2.78. The lowest BCUT2D eigenvalue weighted by molar-refractivity contribution is 0.100. The van der Waals surface area contributed by atoms with E-state index in [1.165, 1.54) is 14.1 Å². The Morgan fingerprint density at radius 2 is 2.09 bits per heavy atom. The van der Waals surface area contributed by atoms with Crippen molar-refractivity contribution >= 4 is 21.7 Å². The molecule has 1 saturated heterocycles. The molecule has 8 nitrogen and oxygen atoms in total. The van der Waals surface area contributed by atoms with Gasteiger partial charge in [-0.25, -0.2) is 17.7 Å². The number of aliphatic hydroxyl groups is 1. The van der Waals surface area contributed by atoms with Crippen LogP contribution in [0.3, 0.4) is 0 Å². The van der Waals surface area contributed by atoms with Crippen LogP contribution in [0.1, 0.15) is 16.1 Å². The fourth-order valence-electron chi connectivity index (χ4n) is 2.59. The van der Waals surface area contributed by atoms with E-state index in [1.807, 2.05) is 0 Å². The number of β-amino-alcohol motifs (C(OH)–C–C–N with tert-alkyl or cyclic N) is 1. The Balaban J connectivity index is 2.25. The number of amides is 1. The maximum atomic E-state index is 12.0. The number of primary amides is 1. The third kappa shape index (κ3) is 3.80. The first-order chi connectivity index (χ1) is 10.6. The minimum atomic E-state index is -3.42. The third-order valence-corrected chi connectivity index (χ3v) is 5.93. The van der Waals surface area contributed by atoms with E-state index in [9.17, 15) is 18.3 Å². The number of hydrogen-bond acceptors (Lipinski definition) is 6. The molecule has 0 radical (unpaired) electrons. The van der Waals surface area contributed by atoms with Crippen LogP contribution in [0.15, 0.2) is 12.1 Å². The van der Waals surface area contributed by atoms with E-state index in [0.29, 0.717) is 18.1 Å². The van der Waals surface area contributed by atoms with E-state index in [4.69, 9.17) is 5.73 Å². The summed E-state index contributed by atoms with van der Waals surface area (Å²) in [6.45, 7) is 2.30. The molecule has 0 saturated carbocycles. The Labute approximate surface area is 136 Å². The van der Waals surface area contributed by atoms with Crippen molar-refractivity contribution < 1.29 is 18.3 Å². The second-order valence-corrected chi connectivity index (χ2v) is 8.21. The van der Waals surface area contributed by atoms with Gasteiger partial charge >= 0.3 is 0 Å². The first kappa shape index (κ1) is 17.6. The van der Waals surface area contributed by atoms with E-state index in [0.717, 1.165) is 4.31 Å². The van der Waals surface area contributed by atoms with E-state index in [1.54, 1.807) is 24.0 Å². The molecule has 0 unspecified atom stereocenters. The molecule has 1 aromatic rings. The van der Waals surface area contributed by atoms with Crippen molar-refractivity contribution in [3.8, 4) is 0 Å². The van der Waals surface area contributed by atoms with Gasteiger partial charge in [-0.1, -0.05) is 0 Å². The van der Waals surface area contributed by atoms with Crippen LogP contribution in [0.25, 0.3) is 0 Å². The minimum Gasteiger partial charge on any atom is -0.391 e. The number of carbonyl (C=O) groups excluding carboxylic acids is 1. The standard InChI is InChI=1S/C14H22N4O4S/c1-9-4-5-11(13(15)20)14(16-9)18-6-10(12(19)7-18)8-23(21,22)17(2)3/h4-5,10,12,19H,6-8H2,1-3H3,(H2,15,20)/t10-,12-/m0/s1. The molecule has 1 aromatic heterocycles. The first-order valence-electron chi connectivity index (χ1n) is 7.22. The minimum absolute atomic E-state index is 0.157. The van der Waals surface area contributed by atoms with Gasteiger partial charge in [-0.05, 0) is 19.1 Å². The van der Waals surface area contributed by atoms with Crippen LogP contribution in [-0.2, 0) is 10.0 Å². The third-order valence-electron chi connectivity index (χ3n) is 3.97. The number of rotatable bonds is 5. The van der Waals surface area contributed by atoms with Gasteiger partial charge in [0.25, 0.3) is 5.91 Å². The van der Waals surface area contributed by atoms with Gasteiger partial charge in [0, 0.05) is 38.8 Å². The molecular formula is C14H22N4O4S. The molecule has 1 aliphatic heterocycles. The van der Waals surface area contributed by atoms with Crippen molar-refractivity contribution in [3.63, 3.8) is 0 Å². The number of hydrogen-bond donors (Lipinski definition) is 2. The van der Waals surface area contributed by atoms with Gasteiger partial charge in [0.05, 0.1) is 17.4 Å². The summed E-state index contributed by atoms with van der Waals surface area (Å²) in [4.78, 5) is 17.6. The van der Waals surface area contributed by atoms with Gasteiger partial charge in [-0.15, -0.1) is 0 Å². The summed E-state index contributed by atoms with van der Waals surface area (Å²) in [5.74, 6) is -0.826. The van der Waals surface area contributed by atoms with E-state index in [-0.39, 0.29) is 17.9 Å². The first-order valence-corrected chi connectivity index (χ1v) is 8.83. The fraction of sp³-hybridized carbons (Fsp3) is 0.571. The molecule has 0 bridgehead atoms. The Morgan fingerprint density at radius 1 is 1.43 bits per heavy atom. The van der Waals surface area contributed by atoms with Crippen molar-refractivity contribution in [2.45, 2.75) is 13.0 Å². The van der Waals surface area contributed by atoms with Crippen LogP contribution in [-0.4, -0.2) is 67.8 Å². The number of nitrogens with two attached hydrogens (primary N) is 1. The highest BCUT2D eigenvalue weighted by Crippen LogP contribution is 2.27. The highest BCUT2D eigenvalue weighted by atomic mass is 32.2. The summed E-state index contributed by atoms with van der Waals surface area (Å²) in [5, 5.41) is 10.2. The largest absolute Gasteiger partial charge is 0.391 e. The molecule has 2 atom stereocenters. The smallest absolute Gasteiger partial charge is 0.252 e. The van der Waals surface area contributed by atoms with Gasteiger partial charge < -0.3 is 15.7 Å². The molecule has 23 heavy (non-hydrogen) atoms. The Bertz CT molecular complexity index is 705. The zero-order valence-electron chi connectivity index (χ0n) is 13.4. The molecule has 128 valence electrons. The molecule has 0 spiro atoms. The van der Waals surface area contributed by atoms with Crippen molar-refractivity contribution in [2.75, 3.05) is 37.8 Å². The maximum absolute atomic E-state index is 12.0. The van der Waals surface area contributed by atoms with Crippen LogP contribution in [0.2, 0.25) is 0 Å². The molecule has 3 N–H and O–H groups in total. The lowest BCUT2D eigenvalue weighted by atomic mass is 10.1. The van der Waals surface area contributed by atoms with E-state index < -0.39 is 28.0 Å². The number of aryl methyl sites for hydroxylation is 1. The maximum Gasteiger partial charge on any atom is 0.252 e. The number of pyridine rings is 1. The SMILES string of the molecule is Cc1ccc(C(N)=O)c(N2C[C@@H](CS(=O)(=O)N(C)C)[C@@H](O)C2)n1. The van der Waals surface area contributed by atoms with Crippen LogP contribution >= 0.6 is 0 Å². The fourth-order valence-corrected chi connectivity index (χ4v) is 3.75. The summed E-state index contributed by atoms with van der Waals surface area (Å²) < 4.78 is 25.2. The molecule has 9 heteroatoms. The van der Waals surface area contributed by atoms with Crippen molar-refractivity contribution in [1.82, 2.24) is 9.29 Å². The van der Waals surface area contributed by atoms with E-state index in [2.05, 4.69) is 4.98 Å². The van der Waals surface area contributed by atoms with Crippen LogP contribution in [0, 0.1) is 12.8 Å². The normalized spacial score (nSPS) is 21.9. The Morgan fingerprint density at radius 3 is 2.65 bits per heavy atom. The van der Waals surface area contributed by atoms with Crippen LogP contribution < -0.4 is 10.6 Å². The number of aliphatic hydroxyl groups excluding tert-OH is 1. The number of nitrogens with zero attached hydrogens (tertiary/aromatic N) is 3. The molecule has 2 rings (SSSR count). The molecule has 0 aliphatic carbocycles. The summed E-state index contributed by atoms with van der Waals surface area (Å²) in [5.41, 5.74) is 6.35. The highest BCUT2D eigenvalue weighted by Gasteiger charge is 2.37. The molecule has 1 fully saturated rings. The van der Waals surface area contributed by atoms with Gasteiger partial charge in [0.2, 0.25) is 10.0 Å². The van der Waals surface area contributed by atoms with Crippen LogP contribution in [0.5, 0.6) is 0 Å². The van der Waals surface area contributed by atoms with Gasteiger partial charge in [0.1, 0.15) is 5.82 Å². The Kier molecular flexibility index (Phi) is 4.92. The van der Waals surface area contributed by atoms with Crippen molar-refractivity contribution in [2.24, 2.45) is 11.7 Å². The topological polar surface area (TPSA) is 117 Å².